The van der Waals surface area contributed by atoms with Gasteiger partial charge in [-0.3, -0.25) is 9.59 Å². The summed E-state index contributed by atoms with van der Waals surface area (Å²) in [5.41, 5.74) is 1.12. The van der Waals surface area contributed by atoms with Crippen molar-refractivity contribution in [2.24, 2.45) is 0 Å². The Balaban J connectivity index is 2.34. The summed E-state index contributed by atoms with van der Waals surface area (Å²) in [5, 5.41) is 8.74. The van der Waals surface area contributed by atoms with E-state index < -0.39 is 11.9 Å². The van der Waals surface area contributed by atoms with Gasteiger partial charge >= 0.3 is 5.97 Å². The van der Waals surface area contributed by atoms with E-state index in [1.807, 2.05) is 0 Å². The molecule has 1 aromatic carbocycles. The maximum absolute atomic E-state index is 11.7. The Morgan fingerprint density at radius 2 is 1.76 bits per heavy atom. The number of carbonyl (C=O) groups is 3. The number of allylic oxidation sites excluding steroid dienone is 2. The van der Waals surface area contributed by atoms with Crippen LogP contribution in [0.3, 0.4) is 0 Å². The third kappa shape index (κ3) is 1.89. The summed E-state index contributed by atoms with van der Waals surface area (Å²) in [6, 6.07) is 5.81. The summed E-state index contributed by atoms with van der Waals surface area (Å²) in [5.74, 6) is -2.28. The van der Waals surface area contributed by atoms with E-state index in [-0.39, 0.29) is 17.1 Å². The van der Waals surface area contributed by atoms with E-state index in [1.165, 1.54) is 30.3 Å². The lowest BCUT2D eigenvalue weighted by Gasteiger charge is -2.07. The fourth-order valence-corrected chi connectivity index (χ4v) is 1.86. The van der Waals surface area contributed by atoms with E-state index in [4.69, 9.17) is 5.11 Å². The molecule has 4 heteroatoms. The van der Waals surface area contributed by atoms with Crippen LogP contribution in [0.25, 0.3) is 0 Å². The summed E-state index contributed by atoms with van der Waals surface area (Å²) < 4.78 is 0. The largest absolute Gasteiger partial charge is 0.478 e. The van der Waals surface area contributed by atoms with Gasteiger partial charge in [0.1, 0.15) is 5.92 Å². The van der Waals surface area contributed by atoms with Crippen LogP contribution in [-0.4, -0.2) is 22.6 Å². The van der Waals surface area contributed by atoms with Crippen molar-refractivity contribution in [2.45, 2.75) is 12.8 Å². The molecule has 0 aliphatic heterocycles. The summed E-state index contributed by atoms with van der Waals surface area (Å²) in [4.78, 5) is 34.0. The van der Waals surface area contributed by atoms with E-state index in [0.717, 1.165) is 0 Å². The second-order valence-corrected chi connectivity index (χ2v) is 3.95. The van der Waals surface area contributed by atoms with Crippen LogP contribution < -0.4 is 0 Å². The molecule has 1 atom stereocenters. The van der Waals surface area contributed by atoms with Crippen molar-refractivity contribution >= 4 is 17.5 Å². The van der Waals surface area contributed by atoms with Gasteiger partial charge in [0.15, 0.2) is 11.6 Å². The number of carbonyl (C=O) groups excluding carboxylic acids is 2. The summed E-state index contributed by atoms with van der Waals surface area (Å²) in [6.45, 7) is 1.60. The molecule has 0 amide bonds. The minimum atomic E-state index is -1.03. The monoisotopic (exact) mass is 230 g/mol. The lowest BCUT2D eigenvalue weighted by atomic mass is 9.93. The molecule has 0 radical (unpaired) electrons. The van der Waals surface area contributed by atoms with Gasteiger partial charge in [0, 0.05) is 0 Å². The zero-order valence-electron chi connectivity index (χ0n) is 9.14. The number of carboxylic acid groups (broad SMARTS) is 1. The van der Waals surface area contributed by atoms with Crippen LogP contribution in [-0.2, 0) is 9.59 Å². The minimum absolute atomic E-state index is 0.135. The average molecular weight is 230 g/mol. The Hall–Kier alpha value is -2.23. The van der Waals surface area contributed by atoms with Crippen molar-refractivity contribution in [3.05, 3.63) is 47.0 Å². The second-order valence-electron chi connectivity index (χ2n) is 3.95. The summed E-state index contributed by atoms with van der Waals surface area (Å²) >= 11 is 0. The number of carboxylic acids is 1. The third-order valence-corrected chi connectivity index (χ3v) is 2.79. The van der Waals surface area contributed by atoms with Crippen LogP contribution in [0.2, 0.25) is 0 Å². The molecule has 17 heavy (non-hydrogen) atoms. The van der Waals surface area contributed by atoms with E-state index in [9.17, 15) is 14.4 Å². The van der Waals surface area contributed by atoms with Gasteiger partial charge in [-0.2, -0.15) is 0 Å². The quantitative estimate of drug-likeness (QED) is 0.783. The van der Waals surface area contributed by atoms with Gasteiger partial charge < -0.3 is 5.11 Å². The molecular formula is C13H10O4. The number of ketones is 2. The fourth-order valence-electron chi connectivity index (χ4n) is 1.86. The highest BCUT2D eigenvalue weighted by Gasteiger charge is 2.33. The molecule has 1 aliphatic carbocycles. The standard InChI is InChI=1S/C13H10O4/c1-7-6-10(14)11(12(7)15)8-2-4-9(5-3-8)13(16)17/h2-6,11H,1H3,(H,16,17). The maximum Gasteiger partial charge on any atom is 0.335 e. The van der Waals surface area contributed by atoms with Crippen LogP contribution in [0.5, 0.6) is 0 Å². The minimum Gasteiger partial charge on any atom is -0.478 e. The Kier molecular flexibility index (Phi) is 2.63. The smallest absolute Gasteiger partial charge is 0.335 e. The van der Waals surface area contributed by atoms with Crippen molar-refractivity contribution in [3.63, 3.8) is 0 Å². The first-order valence-corrected chi connectivity index (χ1v) is 5.10. The Morgan fingerprint density at radius 1 is 1.18 bits per heavy atom. The Morgan fingerprint density at radius 3 is 2.18 bits per heavy atom. The fraction of sp³-hybridized carbons (Fsp3) is 0.154. The molecule has 0 spiro atoms. The van der Waals surface area contributed by atoms with E-state index >= 15 is 0 Å². The molecule has 0 saturated carbocycles. The molecule has 2 rings (SSSR count). The van der Waals surface area contributed by atoms with Crippen molar-refractivity contribution in [1.29, 1.82) is 0 Å². The second kappa shape index (κ2) is 3.97. The van der Waals surface area contributed by atoms with Gasteiger partial charge in [0.2, 0.25) is 0 Å². The zero-order chi connectivity index (χ0) is 12.6. The first-order chi connectivity index (χ1) is 8.00. The first-order valence-electron chi connectivity index (χ1n) is 5.10. The molecule has 1 aromatic rings. The van der Waals surface area contributed by atoms with Crippen molar-refractivity contribution in [1.82, 2.24) is 0 Å². The molecule has 86 valence electrons. The normalized spacial score (nSPS) is 19.4. The topological polar surface area (TPSA) is 71.4 Å². The number of hydrogen-bond acceptors (Lipinski definition) is 3. The van der Waals surface area contributed by atoms with Gasteiger partial charge in [-0.15, -0.1) is 0 Å². The van der Waals surface area contributed by atoms with Crippen LogP contribution in [0, 0.1) is 0 Å². The molecule has 0 heterocycles. The molecule has 1 N–H and O–H groups in total. The maximum atomic E-state index is 11.7. The van der Waals surface area contributed by atoms with Crippen LogP contribution in [0.15, 0.2) is 35.9 Å². The lowest BCUT2D eigenvalue weighted by molar-refractivity contribution is -0.122. The summed E-state index contributed by atoms with van der Waals surface area (Å²) in [6.07, 6.45) is 1.33. The van der Waals surface area contributed by atoms with E-state index in [1.54, 1.807) is 6.92 Å². The Labute approximate surface area is 97.6 Å². The third-order valence-electron chi connectivity index (χ3n) is 2.79. The molecule has 0 saturated heterocycles. The SMILES string of the molecule is CC1=CC(=O)C(c2ccc(C(=O)O)cc2)C1=O. The lowest BCUT2D eigenvalue weighted by Crippen LogP contribution is -2.14. The number of Topliss-reactive ketones (excluding diaryl/α,β-unsaturated/α-hetero) is 1. The van der Waals surface area contributed by atoms with Gasteiger partial charge in [0.05, 0.1) is 5.56 Å². The number of rotatable bonds is 2. The van der Waals surface area contributed by atoms with Crippen molar-refractivity contribution in [3.8, 4) is 0 Å². The van der Waals surface area contributed by atoms with Crippen LogP contribution in [0.1, 0.15) is 28.8 Å². The Bertz CT molecular complexity index is 537. The zero-order valence-corrected chi connectivity index (χ0v) is 9.14. The number of hydrogen-bond donors (Lipinski definition) is 1. The first kappa shape index (κ1) is 11.3. The highest BCUT2D eigenvalue weighted by Crippen LogP contribution is 2.27. The molecule has 0 fully saturated rings. The molecule has 0 aromatic heterocycles. The van der Waals surface area contributed by atoms with Crippen LogP contribution >= 0.6 is 0 Å². The van der Waals surface area contributed by atoms with Crippen molar-refractivity contribution < 1.29 is 19.5 Å². The predicted molar refractivity (Wildman–Crippen MR) is 59.9 cm³/mol. The van der Waals surface area contributed by atoms with Gasteiger partial charge in [-0.25, -0.2) is 4.79 Å². The van der Waals surface area contributed by atoms with Gasteiger partial charge in [-0.1, -0.05) is 12.1 Å². The van der Waals surface area contributed by atoms with Crippen LogP contribution in [0.4, 0.5) is 0 Å². The molecular weight excluding hydrogens is 220 g/mol. The summed E-state index contributed by atoms with van der Waals surface area (Å²) in [7, 11) is 0. The highest BCUT2D eigenvalue weighted by atomic mass is 16.4. The number of benzene rings is 1. The average Bonchev–Trinajstić information content (AvgIpc) is 2.53. The van der Waals surface area contributed by atoms with Crippen molar-refractivity contribution in [2.75, 3.05) is 0 Å². The predicted octanol–water partition coefficient (Wildman–Crippen LogP) is 1.57. The molecule has 4 nitrogen and oxygen atoms in total. The molecule has 1 aliphatic rings. The highest BCUT2D eigenvalue weighted by molar-refractivity contribution is 6.25. The number of aromatic carboxylic acids is 1. The van der Waals surface area contributed by atoms with Gasteiger partial charge in [0.25, 0.3) is 0 Å². The van der Waals surface area contributed by atoms with E-state index in [0.29, 0.717) is 11.1 Å². The van der Waals surface area contributed by atoms with E-state index in [2.05, 4.69) is 0 Å². The van der Waals surface area contributed by atoms with Gasteiger partial charge in [-0.05, 0) is 36.3 Å². The molecule has 0 bridgehead atoms. The molecule has 1 unspecified atom stereocenters.